The van der Waals surface area contributed by atoms with Gasteiger partial charge in [0.2, 0.25) is 5.91 Å². The normalized spacial score (nSPS) is 12.4. The average Bonchev–Trinajstić information content (AvgIpc) is 2.27. The van der Waals surface area contributed by atoms with Crippen LogP contribution in [0.1, 0.15) is 22.8 Å². The zero-order valence-corrected chi connectivity index (χ0v) is 9.69. The van der Waals surface area contributed by atoms with Gasteiger partial charge >= 0.3 is 0 Å². The number of amides is 1. The third kappa shape index (κ3) is 4.00. The number of hydrogen-bond acceptors (Lipinski definition) is 3. The Bertz CT molecular complexity index is 353. The number of primary amides is 1. The van der Waals surface area contributed by atoms with Crippen molar-refractivity contribution >= 4 is 5.91 Å². The largest absolute Gasteiger partial charge is 0.383 e. The molecular formula is C12H18N2O2. The molecule has 0 heterocycles. The summed E-state index contributed by atoms with van der Waals surface area (Å²) >= 11 is 0. The Morgan fingerprint density at radius 3 is 2.94 bits per heavy atom. The highest BCUT2D eigenvalue weighted by Crippen LogP contribution is 2.04. The molecule has 1 aromatic carbocycles. The van der Waals surface area contributed by atoms with Gasteiger partial charge in [-0.05, 0) is 24.6 Å². The van der Waals surface area contributed by atoms with Crippen molar-refractivity contribution in [3.05, 3.63) is 35.4 Å². The lowest BCUT2D eigenvalue weighted by atomic mass is 10.1. The first kappa shape index (κ1) is 12.7. The molecule has 16 heavy (non-hydrogen) atoms. The predicted molar refractivity (Wildman–Crippen MR) is 63.1 cm³/mol. The molecule has 3 N–H and O–H groups in total. The highest BCUT2D eigenvalue weighted by molar-refractivity contribution is 5.92. The van der Waals surface area contributed by atoms with Crippen LogP contribution in [0.15, 0.2) is 24.3 Å². The van der Waals surface area contributed by atoms with Crippen molar-refractivity contribution in [2.45, 2.75) is 19.5 Å². The maximum atomic E-state index is 11.0. The molecule has 0 spiro atoms. The molecule has 4 nitrogen and oxygen atoms in total. The van der Waals surface area contributed by atoms with Gasteiger partial charge in [0.15, 0.2) is 0 Å². The van der Waals surface area contributed by atoms with Crippen molar-refractivity contribution in [2.75, 3.05) is 13.7 Å². The van der Waals surface area contributed by atoms with E-state index in [1.54, 1.807) is 19.2 Å². The van der Waals surface area contributed by atoms with E-state index in [9.17, 15) is 4.79 Å². The summed E-state index contributed by atoms with van der Waals surface area (Å²) < 4.78 is 5.02. The van der Waals surface area contributed by atoms with Gasteiger partial charge in [-0.2, -0.15) is 0 Å². The van der Waals surface area contributed by atoms with Crippen LogP contribution >= 0.6 is 0 Å². The number of ether oxygens (including phenoxy) is 1. The molecule has 4 heteroatoms. The van der Waals surface area contributed by atoms with Gasteiger partial charge in [0.05, 0.1) is 6.61 Å². The Hall–Kier alpha value is -1.39. The van der Waals surface area contributed by atoms with Gasteiger partial charge in [-0.1, -0.05) is 12.1 Å². The molecule has 0 fully saturated rings. The number of hydrogen-bond donors (Lipinski definition) is 2. The molecule has 1 atom stereocenters. The van der Waals surface area contributed by atoms with Crippen LogP contribution in [0.25, 0.3) is 0 Å². The summed E-state index contributed by atoms with van der Waals surface area (Å²) in [5.41, 5.74) is 6.79. The van der Waals surface area contributed by atoms with Crippen LogP contribution < -0.4 is 11.1 Å². The first-order valence-corrected chi connectivity index (χ1v) is 5.24. The van der Waals surface area contributed by atoms with Crippen LogP contribution in [0.5, 0.6) is 0 Å². The molecule has 0 bridgehead atoms. The monoisotopic (exact) mass is 222 g/mol. The smallest absolute Gasteiger partial charge is 0.248 e. The quantitative estimate of drug-likeness (QED) is 0.752. The van der Waals surface area contributed by atoms with E-state index in [-0.39, 0.29) is 6.04 Å². The molecule has 0 aliphatic heterocycles. The lowest BCUT2D eigenvalue weighted by Gasteiger charge is -2.12. The minimum Gasteiger partial charge on any atom is -0.383 e. The molecule has 1 unspecified atom stereocenters. The Balaban J connectivity index is 2.54. The van der Waals surface area contributed by atoms with Gasteiger partial charge in [0.25, 0.3) is 0 Å². The SMILES string of the molecule is COCC(C)NCc1cccc(C(N)=O)c1. The Morgan fingerprint density at radius 2 is 2.31 bits per heavy atom. The van der Waals surface area contributed by atoms with E-state index in [0.717, 1.165) is 5.56 Å². The minimum absolute atomic E-state index is 0.280. The fraction of sp³-hybridized carbons (Fsp3) is 0.417. The summed E-state index contributed by atoms with van der Waals surface area (Å²) in [5.74, 6) is -0.396. The van der Waals surface area contributed by atoms with E-state index in [1.165, 1.54) is 0 Å². The Morgan fingerprint density at radius 1 is 1.56 bits per heavy atom. The summed E-state index contributed by atoms with van der Waals surface area (Å²) in [6.07, 6.45) is 0. The molecule has 1 aromatic rings. The number of carbonyl (C=O) groups excluding carboxylic acids is 1. The third-order valence-electron chi connectivity index (χ3n) is 2.28. The second-order valence-corrected chi connectivity index (χ2v) is 3.80. The van der Waals surface area contributed by atoms with E-state index in [2.05, 4.69) is 5.32 Å². The minimum atomic E-state index is -0.396. The fourth-order valence-corrected chi connectivity index (χ4v) is 1.44. The van der Waals surface area contributed by atoms with Gasteiger partial charge in [0.1, 0.15) is 0 Å². The average molecular weight is 222 g/mol. The second kappa shape index (κ2) is 6.25. The van der Waals surface area contributed by atoms with Crippen molar-refractivity contribution in [3.8, 4) is 0 Å². The van der Waals surface area contributed by atoms with Gasteiger partial charge in [-0.25, -0.2) is 0 Å². The predicted octanol–water partition coefficient (Wildman–Crippen LogP) is 0.910. The molecule has 1 amide bonds. The molecule has 1 rings (SSSR count). The molecular weight excluding hydrogens is 204 g/mol. The van der Waals surface area contributed by atoms with Gasteiger partial charge in [-0.3, -0.25) is 4.79 Å². The highest BCUT2D eigenvalue weighted by Gasteiger charge is 2.03. The van der Waals surface area contributed by atoms with E-state index in [0.29, 0.717) is 18.7 Å². The summed E-state index contributed by atoms with van der Waals surface area (Å²) in [6, 6.07) is 7.58. The number of rotatable bonds is 6. The standard InChI is InChI=1S/C12H18N2O2/c1-9(8-16-2)14-7-10-4-3-5-11(6-10)12(13)15/h3-6,9,14H,7-8H2,1-2H3,(H2,13,15). The number of carbonyl (C=O) groups is 1. The zero-order valence-electron chi connectivity index (χ0n) is 9.69. The van der Waals surface area contributed by atoms with E-state index < -0.39 is 5.91 Å². The summed E-state index contributed by atoms with van der Waals surface area (Å²) in [4.78, 5) is 11.0. The number of methoxy groups -OCH3 is 1. The maximum Gasteiger partial charge on any atom is 0.248 e. The van der Waals surface area contributed by atoms with Crippen molar-refractivity contribution in [1.82, 2.24) is 5.32 Å². The number of nitrogens with one attached hydrogen (secondary N) is 1. The third-order valence-corrected chi connectivity index (χ3v) is 2.28. The van der Waals surface area contributed by atoms with E-state index in [1.807, 2.05) is 19.1 Å². The fourth-order valence-electron chi connectivity index (χ4n) is 1.44. The van der Waals surface area contributed by atoms with Gasteiger partial charge in [0, 0.05) is 25.3 Å². The zero-order chi connectivity index (χ0) is 12.0. The first-order valence-electron chi connectivity index (χ1n) is 5.24. The molecule has 0 aromatic heterocycles. The lowest BCUT2D eigenvalue weighted by molar-refractivity contribution is 0.1000. The topological polar surface area (TPSA) is 64.3 Å². The van der Waals surface area contributed by atoms with Crippen LogP contribution in [-0.4, -0.2) is 25.7 Å². The van der Waals surface area contributed by atoms with Crippen molar-refractivity contribution in [3.63, 3.8) is 0 Å². The Labute approximate surface area is 95.8 Å². The second-order valence-electron chi connectivity index (χ2n) is 3.80. The number of benzene rings is 1. The van der Waals surface area contributed by atoms with Crippen molar-refractivity contribution in [2.24, 2.45) is 5.73 Å². The Kier molecular flexibility index (Phi) is 4.95. The van der Waals surface area contributed by atoms with Crippen molar-refractivity contribution < 1.29 is 9.53 Å². The number of nitrogens with two attached hydrogens (primary N) is 1. The van der Waals surface area contributed by atoms with Gasteiger partial charge in [-0.15, -0.1) is 0 Å². The van der Waals surface area contributed by atoms with Crippen LogP contribution in [-0.2, 0) is 11.3 Å². The van der Waals surface area contributed by atoms with Gasteiger partial charge < -0.3 is 15.8 Å². The first-order chi connectivity index (χ1) is 7.63. The highest BCUT2D eigenvalue weighted by atomic mass is 16.5. The van der Waals surface area contributed by atoms with Crippen LogP contribution in [0, 0.1) is 0 Å². The summed E-state index contributed by atoms with van der Waals surface area (Å²) in [6.45, 7) is 3.41. The molecule has 88 valence electrons. The summed E-state index contributed by atoms with van der Waals surface area (Å²) in [5, 5.41) is 3.29. The van der Waals surface area contributed by atoms with E-state index >= 15 is 0 Å². The molecule has 0 saturated heterocycles. The molecule has 0 saturated carbocycles. The molecule has 0 aliphatic rings. The molecule has 0 aliphatic carbocycles. The van der Waals surface area contributed by atoms with Crippen LogP contribution in [0.3, 0.4) is 0 Å². The lowest BCUT2D eigenvalue weighted by Crippen LogP contribution is -2.29. The maximum absolute atomic E-state index is 11.0. The van der Waals surface area contributed by atoms with Crippen molar-refractivity contribution in [1.29, 1.82) is 0 Å². The van der Waals surface area contributed by atoms with Crippen LogP contribution in [0.4, 0.5) is 0 Å². The summed E-state index contributed by atoms with van der Waals surface area (Å²) in [7, 11) is 1.67. The van der Waals surface area contributed by atoms with E-state index in [4.69, 9.17) is 10.5 Å². The molecule has 0 radical (unpaired) electrons. The van der Waals surface area contributed by atoms with Crippen LogP contribution in [0.2, 0.25) is 0 Å².